The summed E-state index contributed by atoms with van der Waals surface area (Å²) in [7, 11) is 1.88. The number of piperazine rings is 1. The van der Waals surface area contributed by atoms with Crippen molar-refractivity contribution in [3.63, 3.8) is 0 Å². The van der Waals surface area contributed by atoms with Gasteiger partial charge in [-0.3, -0.25) is 9.88 Å². The molecular formula is C29H29ClF2N6O. The van der Waals surface area contributed by atoms with Crippen LogP contribution in [0.5, 0.6) is 6.01 Å². The van der Waals surface area contributed by atoms with E-state index in [9.17, 15) is 4.39 Å². The van der Waals surface area contributed by atoms with Crippen molar-refractivity contribution in [2.24, 2.45) is 0 Å². The summed E-state index contributed by atoms with van der Waals surface area (Å²) in [5.41, 5.74) is 0.924. The number of likely N-dealkylation sites (tertiary alicyclic amines) is 1. The van der Waals surface area contributed by atoms with Crippen LogP contribution in [0.15, 0.2) is 42.6 Å². The third kappa shape index (κ3) is 4.46. The standard InChI is InChI=1S/C29H29ClF2N6O/c1-37-12-17(31)10-20(37)15-39-29-35-27-22(28(36-29)38-13-18-8-9-19(14-38)34-18)11-33-26(25(27)32)21-6-2-4-16-5-3-7-23(30)24(16)21/h2-7,11,17-20,34H,8-10,12-15H2,1H3/t17-,18-,19+,20+/m1/s1. The van der Waals surface area contributed by atoms with Gasteiger partial charge in [0, 0.05) is 59.9 Å². The molecule has 202 valence electrons. The molecule has 7 rings (SSSR count). The van der Waals surface area contributed by atoms with E-state index in [0.717, 1.165) is 36.7 Å². The monoisotopic (exact) mass is 550 g/mol. The van der Waals surface area contributed by atoms with Gasteiger partial charge in [0.25, 0.3) is 0 Å². The molecule has 3 aliphatic rings. The van der Waals surface area contributed by atoms with Crippen molar-refractivity contribution >= 4 is 39.1 Å². The molecule has 3 saturated heterocycles. The Hall–Kier alpha value is -3.14. The van der Waals surface area contributed by atoms with E-state index in [1.165, 1.54) is 0 Å². The predicted molar refractivity (Wildman–Crippen MR) is 149 cm³/mol. The van der Waals surface area contributed by atoms with E-state index in [2.05, 4.69) is 20.2 Å². The number of hydrogen-bond donors (Lipinski definition) is 1. The lowest BCUT2D eigenvalue weighted by Gasteiger charge is -2.34. The number of aromatic nitrogens is 3. The molecule has 0 radical (unpaired) electrons. The third-order valence-corrected chi connectivity index (χ3v) is 8.63. The largest absolute Gasteiger partial charge is 0.462 e. The molecular weight excluding hydrogens is 522 g/mol. The zero-order chi connectivity index (χ0) is 26.7. The molecule has 0 aliphatic carbocycles. The number of anilines is 1. The molecule has 0 unspecified atom stereocenters. The van der Waals surface area contributed by atoms with Gasteiger partial charge in [-0.1, -0.05) is 41.9 Å². The summed E-state index contributed by atoms with van der Waals surface area (Å²) in [6.45, 7) is 2.13. The molecule has 39 heavy (non-hydrogen) atoms. The Morgan fingerprint density at radius 3 is 2.59 bits per heavy atom. The number of nitrogens with one attached hydrogen (secondary N) is 1. The van der Waals surface area contributed by atoms with Crippen molar-refractivity contribution < 1.29 is 13.5 Å². The van der Waals surface area contributed by atoms with Gasteiger partial charge in [-0.15, -0.1) is 0 Å². The maximum Gasteiger partial charge on any atom is 0.319 e. The number of rotatable bonds is 5. The molecule has 0 spiro atoms. The smallest absolute Gasteiger partial charge is 0.319 e. The molecule has 0 saturated carbocycles. The van der Waals surface area contributed by atoms with Gasteiger partial charge < -0.3 is 15.0 Å². The Kier molecular flexibility index (Phi) is 6.25. The second-order valence-electron chi connectivity index (χ2n) is 10.9. The van der Waals surface area contributed by atoms with Gasteiger partial charge in [-0.2, -0.15) is 9.97 Å². The van der Waals surface area contributed by atoms with E-state index in [-0.39, 0.29) is 29.9 Å². The van der Waals surface area contributed by atoms with E-state index in [4.69, 9.17) is 21.3 Å². The molecule has 4 atom stereocenters. The van der Waals surface area contributed by atoms with E-state index in [0.29, 0.717) is 46.8 Å². The number of alkyl halides is 1. The highest BCUT2D eigenvalue weighted by molar-refractivity contribution is 6.36. The Labute approximate surface area is 230 Å². The average molecular weight is 551 g/mol. The highest BCUT2D eigenvalue weighted by atomic mass is 35.5. The summed E-state index contributed by atoms with van der Waals surface area (Å²) in [6, 6.07) is 12.0. The van der Waals surface area contributed by atoms with Gasteiger partial charge in [-0.05, 0) is 37.8 Å². The lowest BCUT2D eigenvalue weighted by molar-refractivity contribution is 0.188. The summed E-state index contributed by atoms with van der Waals surface area (Å²) in [6.07, 6.45) is 3.37. The fourth-order valence-electron chi connectivity index (χ4n) is 6.35. The van der Waals surface area contributed by atoms with E-state index in [1.54, 1.807) is 12.3 Å². The topological polar surface area (TPSA) is 66.4 Å². The van der Waals surface area contributed by atoms with Crippen LogP contribution in [0.2, 0.25) is 5.02 Å². The van der Waals surface area contributed by atoms with Crippen LogP contribution < -0.4 is 15.0 Å². The predicted octanol–water partition coefficient (Wildman–Crippen LogP) is 5.00. The van der Waals surface area contributed by atoms with Crippen molar-refractivity contribution in [1.29, 1.82) is 0 Å². The van der Waals surface area contributed by atoms with Crippen LogP contribution in [0, 0.1) is 5.82 Å². The molecule has 1 N–H and O–H groups in total. The first-order chi connectivity index (χ1) is 18.9. The van der Waals surface area contributed by atoms with Crippen LogP contribution in [0.4, 0.5) is 14.6 Å². The maximum absolute atomic E-state index is 16.4. The Morgan fingerprint density at radius 1 is 1.08 bits per heavy atom. The molecule has 0 amide bonds. The van der Waals surface area contributed by atoms with Crippen molar-refractivity contribution in [1.82, 2.24) is 25.2 Å². The first kappa shape index (κ1) is 24.9. The van der Waals surface area contributed by atoms with Crippen molar-refractivity contribution in [2.45, 2.75) is 43.6 Å². The third-order valence-electron chi connectivity index (χ3n) is 8.31. The molecule has 2 aromatic heterocycles. The van der Waals surface area contributed by atoms with Crippen LogP contribution >= 0.6 is 11.6 Å². The van der Waals surface area contributed by atoms with Gasteiger partial charge in [0.1, 0.15) is 29.8 Å². The summed E-state index contributed by atoms with van der Waals surface area (Å²) < 4.78 is 36.4. The number of ether oxygens (including phenoxy) is 1. The molecule has 2 bridgehead atoms. The number of halogens is 3. The second kappa shape index (κ2) is 9.80. The molecule has 5 heterocycles. The zero-order valence-corrected chi connectivity index (χ0v) is 22.3. The minimum absolute atomic E-state index is 0.0890. The Morgan fingerprint density at radius 2 is 1.85 bits per heavy atom. The molecule has 4 aromatic rings. The number of fused-ring (bicyclic) bond motifs is 4. The quantitative estimate of drug-likeness (QED) is 0.375. The number of likely N-dealkylation sites (N-methyl/N-ethyl adjacent to an activating group) is 1. The van der Waals surface area contributed by atoms with Gasteiger partial charge >= 0.3 is 6.01 Å². The van der Waals surface area contributed by atoms with E-state index >= 15 is 4.39 Å². The molecule has 10 heteroatoms. The SMILES string of the molecule is CN1C[C@H](F)C[C@H]1COc1nc(N2C[C@H]3CC[C@@H](C2)N3)c2cnc(-c3cccc4cccc(Cl)c34)c(F)c2n1. The van der Waals surface area contributed by atoms with Crippen LogP contribution in [0.1, 0.15) is 19.3 Å². The summed E-state index contributed by atoms with van der Waals surface area (Å²) in [5, 5.41) is 6.33. The van der Waals surface area contributed by atoms with Crippen LogP contribution in [-0.4, -0.2) is 77.4 Å². The van der Waals surface area contributed by atoms with Crippen LogP contribution in [0.25, 0.3) is 32.9 Å². The lowest BCUT2D eigenvalue weighted by atomic mass is 10.0. The van der Waals surface area contributed by atoms with E-state index in [1.807, 2.05) is 42.3 Å². The minimum Gasteiger partial charge on any atom is -0.462 e. The van der Waals surface area contributed by atoms with Crippen LogP contribution in [-0.2, 0) is 0 Å². The normalized spacial score (nSPS) is 25.2. The first-order valence-electron chi connectivity index (χ1n) is 13.5. The number of pyridine rings is 1. The minimum atomic E-state index is -0.883. The van der Waals surface area contributed by atoms with Gasteiger partial charge in [0.05, 0.1) is 5.39 Å². The fourth-order valence-corrected chi connectivity index (χ4v) is 6.64. The van der Waals surface area contributed by atoms with Gasteiger partial charge in [-0.25, -0.2) is 8.78 Å². The molecule has 7 nitrogen and oxygen atoms in total. The van der Waals surface area contributed by atoms with Gasteiger partial charge in [0.2, 0.25) is 0 Å². The van der Waals surface area contributed by atoms with E-state index < -0.39 is 12.0 Å². The van der Waals surface area contributed by atoms with Gasteiger partial charge in [0.15, 0.2) is 5.82 Å². The van der Waals surface area contributed by atoms with Crippen molar-refractivity contribution in [3.05, 3.63) is 53.4 Å². The number of hydrogen-bond acceptors (Lipinski definition) is 7. The molecule has 2 aromatic carbocycles. The Bertz CT molecular complexity index is 1550. The summed E-state index contributed by atoms with van der Waals surface area (Å²) >= 11 is 6.55. The molecule has 3 fully saturated rings. The summed E-state index contributed by atoms with van der Waals surface area (Å²) in [4.78, 5) is 18.0. The fraction of sp³-hybridized carbons (Fsp3) is 0.414. The zero-order valence-electron chi connectivity index (χ0n) is 21.6. The maximum atomic E-state index is 16.4. The highest BCUT2D eigenvalue weighted by Gasteiger charge is 2.35. The number of benzene rings is 2. The van der Waals surface area contributed by atoms with Crippen LogP contribution in [0.3, 0.4) is 0 Å². The second-order valence-corrected chi connectivity index (χ2v) is 11.3. The first-order valence-corrected chi connectivity index (χ1v) is 13.8. The summed E-state index contributed by atoms with van der Waals surface area (Å²) in [5.74, 6) is 0.0683. The average Bonchev–Trinajstić information content (AvgIpc) is 3.45. The van der Waals surface area contributed by atoms with Crippen molar-refractivity contribution in [2.75, 3.05) is 38.2 Å². The molecule has 3 aliphatic heterocycles. The Balaban J connectivity index is 1.34. The number of nitrogens with zero attached hydrogens (tertiary/aromatic N) is 5. The van der Waals surface area contributed by atoms with Crippen molar-refractivity contribution in [3.8, 4) is 17.3 Å². The highest BCUT2D eigenvalue weighted by Crippen LogP contribution is 2.38. The lowest BCUT2D eigenvalue weighted by Crippen LogP contribution is -2.51.